The van der Waals surface area contributed by atoms with E-state index in [2.05, 4.69) is 60.2 Å². The van der Waals surface area contributed by atoms with E-state index in [0.29, 0.717) is 85.3 Å². The molecule has 4 aliphatic heterocycles. The number of amides is 2. The van der Waals surface area contributed by atoms with Crippen LogP contribution in [-0.4, -0.2) is 165 Å². The Morgan fingerprint density at radius 3 is 1.41 bits per heavy atom. The van der Waals surface area contributed by atoms with Gasteiger partial charge in [-0.1, -0.05) is 6.07 Å². The van der Waals surface area contributed by atoms with Gasteiger partial charge in [-0.05, 0) is 148 Å². The van der Waals surface area contributed by atoms with Crippen molar-refractivity contribution in [2.45, 2.75) is 74.7 Å². The molecule has 4 fully saturated rings. The molecular formula is C60H74N16O4. The maximum absolute atomic E-state index is 13.7. The zero-order valence-corrected chi connectivity index (χ0v) is 45.8. The van der Waals surface area contributed by atoms with Gasteiger partial charge in [-0.25, -0.2) is 0 Å². The molecular weight excluding hydrogens is 1010 g/mol. The van der Waals surface area contributed by atoms with Crippen molar-refractivity contribution in [3.63, 3.8) is 0 Å². The van der Waals surface area contributed by atoms with E-state index >= 15 is 0 Å². The first kappa shape index (κ1) is 55.3. The minimum atomic E-state index is -0.932. The Balaban J connectivity index is 0.624. The number of carbonyl (C=O) groups is 2. The van der Waals surface area contributed by atoms with Crippen molar-refractivity contribution in [3.05, 3.63) is 167 Å². The van der Waals surface area contributed by atoms with E-state index in [1.807, 2.05) is 96.7 Å². The average Bonchev–Trinajstić information content (AvgIpc) is 3.64. The number of benzene rings is 2. The van der Waals surface area contributed by atoms with Gasteiger partial charge in [0.15, 0.2) is 11.0 Å². The van der Waals surface area contributed by atoms with E-state index in [0.717, 1.165) is 87.5 Å². The van der Waals surface area contributed by atoms with Crippen molar-refractivity contribution < 1.29 is 19.8 Å². The SMILES string of the molecule is CN(C(=O)c1ccc(NC(=N)/N=c2\[nH]cccc2N2CCC(O)(c3ccncc3)CC2)cc1)C1CCN(CCN2CCC(N(C)C(=O)c3ccc(NC(=N)/N=c4\[nH]cccc4N4CCC(O)(c5cccnc5)CC4)cc3)CC2)CC1. The van der Waals surface area contributed by atoms with Gasteiger partial charge in [-0.15, -0.1) is 0 Å². The molecule has 2 amide bonds. The first-order valence-corrected chi connectivity index (χ1v) is 27.9. The van der Waals surface area contributed by atoms with Crippen molar-refractivity contribution in [2.75, 3.05) is 100.0 Å². The first-order valence-electron chi connectivity index (χ1n) is 27.9. The second-order valence-electron chi connectivity index (χ2n) is 21.6. The molecule has 20 nitrogen and oxygen atoms in total. The zero-order chi connectivity index (χ0) is 55.6. The predicted octanol–water partition coefficient (Wildman–Crippen LogP) is 5.78. The van der Waals surface area contributed by atoms with E-state index < -0.39 is 11.2 Å². The first-order chi connectivity index (χ1) is 38.8. The Labute approximate surface area is 467 Å². The molecule has 8 heterocycles. The summed E-state index contributed by atoms with van der Waals surface area (Å²) in [6.45, 7) is 8.12. The topological polar surface area (TPSA) is 248 Å². The van der Waals surface area contributed by atoms with Crippen LogP contribution in [0.5, 0.6) is 0 Å². The highest BCUT2D eigenvalue weighted by Crippen LogP contribution is 2.35. The van der Waals surface area contributed by atoms with E-state index in [1.165, 1.54) is 0 Å². The van der Waals surface area contributed by atoms with Crippen LogP contribution in [0.1, 0.15) is 83.2 Å². The fraction of sp³-hybridized carbons (Fsp3) is 0.400. The number of aliphatic hydroxyl groups is 2. The van der Waals surface area contributed by atoms with E-state index in [1.54, 1.807) is 61.4 Å². The number of likely N-dealkylation sites (tertiary alicyclic amines) is 2. The fourth-order valence-electron chi connectivity index (χ4n) is 11.7. The lowest BCUT2D eigenvalue weighted by Gasteiger charge is -2.39. The number of nitrogens with zero attached hydrogens (tertiary/aromatic N) is 10. The number of guanidine groups is 2. The lowest BCUT2D eigenvalue weighted by atomic mass is 9.85. The molecule has 4 saturated heterocycles. The minimum absolute atomic E-state index is 0.0233. The number of H-pyrrole nitrogens is 2. The third-order valence-electron chi connectivity index (χ3n) is 16.7. The Morgan fingerprint density at radius 2 is 1.00 bits per heavy atom. The van der Waals surface area contributed by atoms with E-state index in [4.69, 9.17) is 10.8 Å². The van der Waals surface area contributed by atoms with Crippen LogP contribution in [0.4, 0.5) is 22.7 Å². The summed E-state index contributed by atoms with van der Waals surface area (Å²) < 4.78 is 0. The lowest BCUT2D eigenvalue weighted by Crippen LogP contribution is -2.49. The van der Waals surface area contributed by atoms with Crippen molar-refractivity contribution in [2.24, 2.45) is 9.98 Å². The quantitative estimate of drug-likeness (QED) is 0.0507. The summed E-state index contributed by atoms with van der Waals surface area (Å²) in [5.41, 5.74) is 5.16. The maximum Gasteiger partial charge on any atom is 0.253 e. The average molecular weight is 1080 g/mol. The number of rotatable bonds is 13. The molecule has 10 rings (SSSR count). The number of piperidine rings is 4. The highest BCUT2D eigenvalue weighted by atomic mass is 16.3. The maximum atomic E-state index is 13.7. The summed E-state index contributed by atoms with van der Waals surface area (Å²) in [6.07, 6.45) is 16.2. The van der Waals surface area contributed by atoms with Crippen LogP contribution in [0.15, 0.2) is 144 Å². The highest BCUT2D eigenvalue weighted by Gasteiger charge is 2.36. The van der Waals surface area contributed by atoms with Gasteiger partial charge in [0.2, 0.25) is 11.9 Å². The molecule has 8 N–H and O–H groups in total. The molecule has 0 spiro atoms. The summed E-state index contributed by atoms with van der Waals surface area (Å²) in [7, 11) is 3.79. The van der Waals surface area contributed by atoms with Crippen LogP contribution in [0.25, 0.3) is 0 Å². The van der Waals surface area contributed by atoms with Crippen molar-refractivity contribution >= 4 is 46.5 Å². The van der Waals surface area contributed by atoms with Gasteiger partial charge >= 0.3 is 0 Å². The van der Waals surface area contributed by atoms with Crippen molar-refractivity contribution in [1.82, 2.24) is 39.5 Å². The summed E-state index contributed by atoms with van der Waals surface area (Å²) in [4.78, 5) is 64.2. The van der Waals surface area contributed by atoms with Crippen LogP contribution in [0, 0.1) is 10.8 Å². The predicted molar refractivity (Wildman–Crippen MR) is 311 cm³/mol. The molecule has 4 aliphatic rings. The molecule has 0 atom stereocenters. The number of nitrogens with one attached hydrogen (secondary N) is 6. The second-order valence-corrected chi connectivity index (χ2v) is 21.6. The molecule has 0 unspecified atom stereocenters. The van der Waals surface area contributed by atoms with Gasteiger partial charge in [0.1, 0.15) is 0 Å². The molecule has 0 aliphatic carbocycles. The Hall–Kier alpha value is -8.04. The highest BCUT2D eigenvalue weighted by molar-refractivity contribution is 5.97. The number of carbonyl (C=O) groups excluding carboxylic acids is 2. The van der Waals surface area contributed by atoms with Crippen LogP contribution in [-0.2, 0) is 11.2 Å². The zero-order valence-electron chi connectivity index (χ0n) is 45.8. The normalized spacial score (nSPS) is 18.6. The van der Waals surface area contributed by atoms with E-state index in [9.17, 15) is 19.8 Å². The van der Waals surface area contributed by atoms with Gasteiger partial charge in [0.25, 0.3) is 11.8 Å². The molecule has 0 radical (unpaired) electrons. The molecule has 6 aromatic rings. The Kier molecular flexibility index (Phi) is 17.2. The third kappa shape index (κ3) is 13.2. The number of anilines is 4. The van der Waals surface area contributed by atoms with Crippen molar-refractivity contribution in [3.8, 4) is 0 Å². The van der Waals surface area contributed by atoms with E-state index in [-0.39, 0.29) is 35.8 Å². The van der Waals surface area contributed by atoms with Crippen LogP contribution >= 0.6 is 0 Å². The molecule has 4 aromatic heterocycles. The Morgan fingerprint density at radius 1 is 0.575 bits per heavy atom. The molecule has 0 saturated carbocycles. The molecule has 418 valence electrons. The number of aromatic nitrogens is 4. The van der Waals surface area contributed by atoms with Gasteiger partial charge in [0, 0.05) is 157 Å². The number of hydrogen-bond acceptors (Lipinski definition) is 12. The molecule has 80 heavy (non-hydrogen) atoms. The third-order valence-corrected chi connectivity index (χ3v) is 16.7. The van der Waals surface area contributed by atoms with Crippen LogP contribution in [0.3, 0.4) is 0 Å². The largest absolute Gasteiger partial charge is 0.385 e. The Bertz CT molecular complexity index is 2990. The van der Waals surface area contributed by atoms with Gasteiger partial charge in [-0.2, -0.15) is 9.98 Å². The monoisotopic (exact) mass is 1080 g/mol. The van der Waals surface area contributed by atoms with Crippen LogP contribution in [0.2, 0.25) is 0 Å². The number of hydrogen-bond donors (Lipinski definition) is 8. The van der Waals surface area contributed by atoms with Crippen molar-refractivity contribution in [1.29, 1.82) is 10.8 Å². The smallest absolute Gasteiger partial charge is 0.253 e. The summed E-state index contributed by atoms with van der Waals surface area (Å²) in [6, 6.07) is 30.0. The minimum Gasteiger partial charge on any atom is -0.385 e. The molecule has 2 aromatic carbocycles. The number of aromatic amines is 2. The summed E-state index contributed by atoms with van der Waals surface area (Å²) in [5.74, 6) is -0.134. The summed E-state index contributed by atoms with van der Waals surface area (Å²) in [5, 5.41) is 46.1. The summed E-state index contributed by atoms with van der Waals surface area (Å²) >= 11 is 0. The standard InChI is InChI=1S/C60H74N16O4/c1-71(55(77)43-9-13-47(14-10-43)67-57(61)69-53-51(7-4-28-65-53)75-36-23-59(79,24-37-75)45-17-30-63-31-18-45)49-19-32-73(33-20-49)40-41-74-34-21-50(22-35-74)72(2)56(78)44-11-15-48(16-12-44)68-58(62)70-54-52(8-5-29-66-54)76-38-25-60(80,26-39-76)46-6-3-27-64-42-46/h3-18,27-31,42,49-50,79-80H,19-26,32-41H2,1-2H3,(H3,61,65,67,69)(H3,62,66,68,70). The van der Waals surface area contributed by atoms with Gasteiger partial charge in [-0.3, -0.25) is 30.4 Å². The van der Waals surface area contributed by atoms with Gasteiger partial charge < -0.3 is 60.2 Å². The van der Waals surface area contributed by atoms with Crippen LogP contribution < -0.4 is 31.4 Å². The fourth-order valence-corrected chi connectivity index (χ4v) is 11.7. The lowest BCUT2D eigenvalue weighted by molar-refractivity contribution is 0.0111. The number of pyridine rings is 4. The molecule has 20 heteroatoms. The second kappa shape index (κ2) is 25.0. The molecule has 0 bridgehead atoms. The van der Waals surface area contributed by atoms with Gasteiger partial charge in [0.05, 0.1) is 22.6 Å².